The Kier molecular flexibility index (Phi) is 6.41. The predicted molar refractivity (Wildman–Crippen MR) is 123 cm³/mol. The van der Waals surface area contributed by atoms with Gasteiger partial charge in [0.05, 0.1) is 11.1 Å². The maximum atomic E-state index is 12.7. The number of pyridine rings is 1. The summed E-state index contributed by atoms with van der Waals surface area (Å²) in [6.07, 6.45) is 1.77. The van der Waals surface area contributed by atoms with Gasteiger partial charge in [-0.15, -0.1) is 0 Å². The molecule has 3 aromatic carbocycles. The van der Waals surface area contributed by atoms with Crippen molar-refractivity contribution in [2.75, 3.05) is 0 Å². The fraction of sp³-hybridized carbons (Fsp3) is 0.115. The molecule has 6 heteroatoms. The molecule has 1 atom stereocenters. The molecule has 160 valence electrons. The fourth-order valence-corrected chi connectivity index (χ4v) is 3.36. The second-order valence-electron chi connectivity index (χ2n) is 7.47. The van der Waals surface area contributed by atoms with Crippen LogP contribution in [-0.4, -0.2) is 22.8 Å². The van der Waals surface area contributed by atoms with Gasteiger partial charge in [0, 0.05) is 18.0 Å². The molecule has 0 aliphatic rings. The van der Waals surface area contributed by atoms with Crippen molar-refractivity contribution in [3.05, 3.63) is 108 Å². The van der Waals surface area contributed by atoms with Crippen LogP contribution < -0.4 is 15.8 Å². The second kappa shape index (κ2) is 9.75. The number of benzene rings is 3. The average Bonchev–Trinajstić information content (AvgIpc) is 2.83. The minimum absolute atomic E-state index is 0.279. The summed E-state index contributed by atoms with van der Waals surface area (Å²) in [6.45, 7) is 0.472. The average molecular weight is 425 g/mol. The maximum absolute atomic E-state index is 12.7. The molecule has 0 saturated heterocycles. The Labute approximate surface area is 186 Å². The third-order valence-electron chi connectivity index (χ3n) is 5.11. The SMILES string of the molecule is NC(=O)[C@@H](Cc1ccc(OCc2ccccc2)cc1)NC(=O)c1cnc2ccccc2c1. The zero-order valence-electron chi connectivity index (χ0n) is 17.4. The van der Waals surface area contributed by atoms with E-state index in [1.807, 2.05) is 78.9 Å². The van der Waals surface area contributed by atoms with Gasteiger partial charge in [-0.25, -0.2) is 0 Å². The van der Waals surface area contributed by atoms with Crippen molar-refractivity contribution < 1.29 is 14.3 Å². The van der Waals surface area contributed by atoms with E-state index >= 15 is 0 Å². The first-order valence-electron chi connectivity index (χ1n) is 10.3. The van der Waals surface area contributed by atoms with E-state index in [0.29, 0.717) is 12.2 Å². The molecule has 2 amide bonds. The summed E-state index contributed by atoms with van der Waals surface area (Å²) < 4.78 is 5.79. The molecule has 0 unspecified atom stereocenters. The Morgan fingerprint density at radius 3 is 2.38 bits per heavy atom. The number of carbonyl (C=O) groups excluding carboxylic acids is 2. The first-order valence-corrected chi connectivity index (χ1v) is 10.3. The van der Waals surface area contributed by atoms with E-state index in [9.17, 15) is 9.59 Å². The number of hydrogen-bond acceptors (Lipinski definition) is 4. The van der Waals surface area contributed by atoms with Gasteiger partial charge < -0.3 is 15.8 Å². The number of aromatic nitrogens is 1. The van der Waals surface area contributed by atoms with Gasteiger partial charge in [0.25, 0.3) is 5.91 Å². The van der Waals surface area contributed by atoms with Crippen LogP contribution >= 0.6 is 0 Å². The van der Waals surface area contributed by atoms with E-state index in [0.717, 1.165) is 27.8 Å². The van der Waals surface area contributed by atoms with Crippen LogP contribution in [-0.2, 0) is 17.8 Å². The summed E-state index contributed by atoms with van der Waals surface area (Å²) >= 11 is 0. The lowest BCUT2D eigenvalue weighted by atomic mass is 10.0. The largest absolute Gasteiger partial charge is 0.489 e. The lowest BCUT2D eigenvalue weighted by Crippen LogP contribution is -2.45. The summed E-state index contributed by atoms with van der Waals surface area (Å²) in [5, 5.41) is 3.57. The van der Waals surface area contributed by atoms with Gasteiger partial charge in [-0.2, -0.15) is 0 Å². The Morgan fingerprint density at radius 1 is 0.906 bits per heavy atom. The van der Waals surface area contributed by atoms with Crippen LogP contribution in [0.4, 0.5) is 0 Å². The quantitative estimate of drug-likeness (QED) is 0.451. The molecule has 0 bridgehead atoms. The van der Waals surface area contributed by atoms with Crippen molar-refractivity contribution in [1.82, 2.24) is 10.3 Å². The monoisotopic (exact) mass is 425 g/mol. The van der Waals surface area contributed by atoms with Gasteiger partial charge in [-0.05, 0) is 35.4 Å². The first-order chi connectivity index (χ1) is 15.6. The molecular weight excluding hydrogens is 402 g/mol. The minimum atomic E-state index is -0.843. The van der Waals surface area contributed by atoms with Gasteiger partial charge in [0.2, 0.25) is 5.91 Å². The topological polar surface area (TPSA) is 94.3 Å². The lowest BCUT2D eigenvalue weighted by Gasteiger charge is -2.16. The smallest absolute Gasteiger partial charge is 0.253 e. The van der Waals surface area contributed by atoms with Crippen LogP contribution in [0, 0.1) is 0 Å². The number of fused-ring (bicyclic) bond motifs is 1. The number of nitrogens with two attached hydrogens (primary N) is 1. The van der Waals surface area contributed by atoms with Gasteiger partial charge >= 0.3 is 0 Å². The van der Waals surface area contributed by atoms with E-state index in [1.165, 1.54) is 6.20 Å². The lowest BCUT2D eigenvalue weighted by molar-refractivity contribution is -0.119. The Hall–Kier alpha value is -4.19. The van der Waals surface area contributed by atoms with Crippen LogP contribution in [0.1, 0.15) is 21.5 Å². The minimum Gasteiger partial charge on any atom is -0.489 e. The van der Waals surface area contributed by atoms with E-state index in [4.69, 9.17) is 10.5 Å². The highest BCUT2D eigenvalue weighted by Gasteiger charge is 2.20. The molecule has 4 rings (SSSR count). The molecule has 0 aliphatic heterocycles. The number of carbonyl (C=O) groups is 2. The highest BCUT2D eigenvalue weighted by atomic mass is 16.5. The Bertz CT molecular complexity index is 1220. The number of hydrogen-bond donors (Lipinski definition) is 2. The van der Waals surface area contributed by atoms with Crippen molar-refractivity contribution in [3.8, 4) is 5.75 Å². The molecule has 0 fully saturated rings. The molecule has 6 nitrogen and oxygen atoms in total. The predicted octanol–water partition coefficient (Wildman–Crippen LogP) is 3.64. The van der Waals surface area contributed by atoms with E-state index < -0.39 is 17.9 Å². The Balaban J connectivity index is 1.39. The van der Waals surface area contributed by atoms with Crippen LogP contribution in [0.15, 0.2) is 91.1 Å². The number of amides is 2. The zero-order valence-corrected chi connectivity index (χ0v) is 17.4. The normalized spacial score (nSPS) is 11.6. The molecule has 3 N–H and O–H groups in total. The van der Waals surface area contributed by atoms with E-state index in [2.05, 4.69) is 10.3 Å². The van der Waals surface area contributed by atoms with Crippen LogP contribution in [0.2, 0.25) is 0 Å². The summed E-state index contributed by atoms with van der Waals surface area (Å²) in [4.78, 5) is 29.0. The first kappa shape index (κ1) is 21.1. The third-order valence-corrected chi connectivity index (χ3v) is 5.11. The molecule has 32 heavy (non-hydrogen) atoms. The van der Waals surface area contributed by atoms with Crippen molar-refractivity contribution in [1.29, 1.82) is 0 Å². The third kappa shape index (κ3) is 5.29. The van der Waals surface area contributed by atoms with E-state index in [-0.39, 0.29) is 6.42 Å². The summed E-state index contributed by atoms with van der Waals surface area (Å²) in [5.74, 6) is -0.272. The van der Waals surface area contributed by atoms with Crippen LogP contribution in [0.25, 0.3) is 10.9 Å². The number of primary amides is 1. The van der Waals surface area contributed by atoms with Gasteiger partial charge in [-0.1, -0.05) is 60.7 Å². The summed E-state index contributed by atoms with van der Waals surface area (Å²) in [7, 11) is 0. The van der Waals surface area contributed by atoms with Crippen molar-refractivity contribution >= 4 is 22.7 Å². The maximum Gasteiger partial charge on any atom is 0.253 e. The molecule has 4 aromatic rings. The fourth-order valence-electron chi connectivity index (χ4n) is 3.36. The number of para-hydroxylation sites is 1. The van der Waals surface area contributed by atoms with Crippen molar-refractivity contribution in [2.24, 2.45) is 5.73 Å². The number of rotatable bonds is 8. The zero-order chi connectivity index (χ0) is 22.3. The van der Waals surface area contributed by atoms with Gasteiger partial charge in [-0.3, -0.25) is 14.6 Å². The molecule has 0 aliphatic carbocycles. The molecule has 0 spiro atoms. The van der Waals surface area contributed by atoms with Crippen molar-refractivity contribution in [3.63, 3.8) is 0 Å². The highest BCUT2D eigenvalue weighted by Crippen LogP contribution is 2.16. The highest BCUT2D eigenvalue weighted by molar-refractivity contribution is 5.99. The van der Waals surface area contributed by atoms with Crippen molar-refractivity contribution in [2.45, 2.75) is 19.1 Å². The number of nitrogens with zero attached hydrogens (tertiary/aromatic N) is 1. The number of nitrogens with one attached hydrogen (secondary N) is 1. The molecule has 0 saturated carbocycles. The molecule has 1 aromatic heterocycles. The molecule has 0 radical (unpaired) electrons. The van der Waals surface area contributed by atoms with Gasteiger partial charge in [0.1, 0.15) is 18.4 Å². The number of ether oxygens (including phenoxy) is 1. The van der Waals surface area contributed by atoms with Crippen LogP contribution in [0.3, 0.4) is 0 Å². The Morgan fingerprint density at radius 2 is 1.62 bits per heavy atom. The van der Waals surface area contributed by atoms with Crippen LogP contribution in [0.5, 0.6) is 5.75 Å². The summed E-state index contributed by atoms with van der Waals surface area (Å²) in [5.41, 5.74) is 8.66. The molecule has 1 heterocycles. The standard InChI is InChI=1S/C26H23N3O3/c27-25(30)24(29-26(31)21-15-20-8-4-5-9-23(20)28-16-21)14-18-10-12-22(13-11-18)32-17-19-6-2-1-3-7-19/h1-13,15-16,24H,14,17H2,(H2,27,30)(H,29,31)/t24-/m1/s1. The van der Waals surface area contributed by atoms with E-state index in [1.54, 1.807) is 6.07 Å². The van der Waals surface area contributed by atoms with Gasteiger partial charge in [0.15, 0.2) is 0 Å². The summed E-state index contributed by atoms with van der Waals surface area (Å²) in [6, 6.07) is 25.7. The molecular formula is C26H23N3O3. The second-order valence-corrected chi connectivity index (χ2v) is 7.47.